The normalized spacial score (nSPS) is 30.8. The molecule has 0 bridgehead atoms. The number of hydrogen-bond acceptors (Lipinski definition) is 2. The van der Waals surface area contributed by atoms with E-state index in [1.165, 1.54) is 0 Å². The first-order valence-electron chi connectivity index (χ1n) is 3.79. The standard InChI is InChI=1S/C7H14F2N2/c1-11(2)6-3-4-10-5-7(6,8)9/h6,10H,3-5H2,1-2H3. The molecule has 0 aromatic rings. The van der Waals surface area contributed by atoms with E-state index in [1.54, 1.807) is 19.0 Å². The first-order chi connectivity index (χ1) is 5.04. The maximum absolute atomic E-state index is 13.0. The van der Waals surface area contributed by atoms with Gasteiger partial charge in [-0.3, -0.25) is 0 Å². The van der Waals surface area contributed by atoms with E-state index >= 15 is 0 Å². The van der Waals surface area contributed by atoms with Gasteiger partial charge in [-0.1, -0.05) is 0 Å². The van der Waals surface area contributed by atoms with Crippen molar-refractivity contribution in [1.82, 2.24) is 10.2 Å². The highest BCUT2D eigenvalue weighted by atomic mass is 19.3. The van der Waals surface area contributed by atoms with Crippen LogP contribution in [0.5, 0.6) is 0 Å². The summed E-state index contributed by atoms with van der Waals surface area (Å²) in [5, 5.41) is 2.68. The maximum Gasteiger partial charge on any atom is 0.275 e. The molecule has 1 aliphatic heterocycles. The van der Waals surface area contributed by atoms with Gasteiger partial charge >= 0.3 is 0 Å². The molecule has 0 aromatic heterocycles. The van der Waals surface area contributed by atoms with E-state index in [2.05, 4.69) is 5.32 Å². The third kappa shape index (κ3) is 1.87. The monoisotopic (exact) mass is 164 g/mol. The van der Waals surface area contributed by atoms with Crippen LogP contribution in [0.15, 0.2) is 0 Å². The van der Waals surface area contributed by atoms with Crippen LogP contribution in [0.2, 0.25) is 0 Å². The molecule has 1 aliphatic rings. The molecule has 0 radical (unpaired) electrons. The fourth-order valence-electron chi connectivity index (χ4n) is 1.46. The number of piperidine rings is 1. The summed E-state index contributed by atoms with van der Waals surface area (Å²) >= 11 is 0. The summed E-state index contributed by atoms with van der Waals surface area (Å²) in [6.45, 7) is 0.508. The lowest BCUT2D eigenvalue weighted by Crippen LogP contribution is -2.55. The summed E-state index contributed by atoms with van der Waals surface area (Å²) in [7, 11) is 3.40. The molecule has 4 heteroatoms. The second-order valence-corrected chi connectivity index (χ2v) is 3.21. The third-order valence-corrected chi connectivity index (χ3v) is 2.07. The second-order valence-electron chi connectivity index (χ2n) is 3.21. The van der Waals surface area contributed by atoms with Crippen molar-refractivity contribution in [2.24, 2.45) is 0 Å². The fourth-order valence-corrected chi connectivity index (χ4v) is 1.46. The Morgan fingerprint density at radius 1 is 1.45 bits per heavy atom. The van der Waals surface area contributed by atoms with Crippen LogP contribution < -0.4 is 5.32 Å². The Morgan fingerprint density at radius 2 is 2.09 bits per heavy atom. The van der Waals surface area contributed by atoms with Gasteiger partial charge in [0.1, 0.15) is 0 Å². The molecule has 0 spiro atoms. The van der Waals surface area contributed by atoms with E-state index in [0.717, 1.165) is 0 Å². The van der Waals surface area contributed by atoms with Crippen molar-refractivity contribution in [2.75, 3.05) is 27.2 Å². The summed E-state index contributed by atoms with van der Waals surface area (Å²) in [4.78, 5) is 1.60. The lowest BCUT2D eigenvalue weighted by molar-refractivity contribution is -0.0829. The Balaban J connectivity index is 2.60. The second kappa shape index (κ2) is 3.03. The van der Waals surface area contributed by atoms with Gasteiger partial charge in [-0.05, 0) is 27.1 Å². The average Bonchev–Trinajstić information content (AvgIpc) is 1.85. The molecule has 1 unspecified atom stereocenters. The number of halogens is 2. The van der Waals surface area contributed by atoms with Crippen molar-refractivity contribution in [3.8, 4) is 0 Å². The van der Waals surface area contributed by atoms with Crippen LogP contribution in [-0.2, 0) is 0 Å². The molecule has 2 nitrogen and oxygen atoms in total. The van der Waals surface area contributed by atoms with Gasteiger partial charge in [0.25, 0.3) is 5.92 Å². The molecule has 1 heterocycles. The average molecular weight is 164 g/mol. The van der Waals surface area contributed by atoms with Crippen molar-refractivity contribution in [1.29, 1.82) is 0 Å². The molecular formula is C7H14F2N2. The van der Waals surface area contributed by atoms with Crippen LogP contribution in [0, 0.1) is 0 Å². The summed E-state index contributed by atoms with van der Waals surface area (Å²) in [6.07, 6.45) is 0.528. The van der Waals surface area contributed by atoms with E-state index in [9.17, 15) is 8.78 Å². The predicted octanol–water partition coefficient (Wildman–Crippen LogP) is 0.545. The highest BCUT2D eigenvalue weighted by Gasteiger charge is 2.42. The van der Waals surface area contributed by atoms with Crippen LogP contribution in [0.4, 0.5) is 8.78 Å². The summed E-state index contributed by atoms with van der Waals surface area (Å²) in [5.74, 6) is -2.57. The number of rotatable bonds is 1. The van der Waals surface area contributed by atoms with Gasteiger partial charge in [0.15, 0.2) is 0 Å². The molecule has 1 rings (SSSR count). The SMILES string of the molecule is CN(C)C1CCNCC1(F)F. The van der Waals surface area contributed by atoms with E-state index < -0.39 is 12.0 Å². The molecule has 0 aromatic carbocycles. The highest BCUT2D eigenvalue weighted by Crippen LogP contribution is 2.25. The van der Waals surface area contributed by atoms with Gasteiger partial charge in [-0.2, -0.15) is 0 Å². The molecular weight excluding hydrogens is 150 g/mol. The number of hydrogen-bond donors (Lipinski definition) is 1. The van der Waals surface area contributed by atoms with Crippen molar-refractivity contribution < 1.29 is 8.78 Å². The zero-order valence-corrected chi connectivity index (χ0v) is 6.90. The van der Waals surface area contributed by atoms with Crippen LogP contribution in [-0.4, -0.2) is 44.0 Å². The Bertz CT molecular complexity index is 136. The summed E-state index contributed by atoms with van der Waals surface area (Å²) in [6, 6.07) is -0.594. The van der Waals surface area contributed by atoms with Gasteiger partial charge in [-0.25, -0.2) is 8.78 Å². The fraction of sp³-hybridized carbons (Fsp3) is 1.00. The van der Waals surface area contributed by atoms with Gasteiger partial charge in [0, 0.05) is 0 Å². The Morgan fingerprint density at radius 3 is 2.45 bits per heavy atom. The Hall–Kier alpha value is -0.220. The first-order valence-corrected chi connectivity index (χ1v) is 3.79. The van der Waals surface area contributed by atoms with Crippen LogP contribution in [0.25, 0.3) is 0 Å². The number of alkyl halides is 2. The maximum atomic E-state index is 13.0. The number of nitrogens with zero attached hydrogens (tertiary/aromatic N) is 1. The first kappa shape index (κ1) is 8.87. The minimum Gasteiger partial charge on any atom is -0.311 e. The molecule has 1 fully saturated rings. The molecule has 0 amide bonds. The van der Waals surface area contributed by atoms with Crippen molar-refractivity contribution in [3.05, 3.63) is 0 Å². The third-order valence-electron chi connectivity index (χ3n) is 2.07. The van der Waals surface area contributed by atoms with Gasteiger partial charge in [-0.15, -0.1) is 0 Å². The summed E-state index contributed by atoms with van der Waals surface area (Å²) in [5.41, 5.74) is 0. The van der Waals surface area contributed by atoms with Crippen molar-refractivity contribution in [2.45, 2.75) is 18.4 Å². The smallest absolute Gasteiger partial charge is 0.275 e. The van der Waals surface area contributed by atoms with E-state index in [-0.39, 0.29) is 6.54 Å². The zero-order chi connectivity index (χ0) is 8.48. The largest absolute Gasteiger partial charge is 0.311 e. The zero-order valence-electron chi connectivity index (χ0n) is 6.90. The lowest BCUT2D eigenvalue weighted by atomic mass is 10.0. The van der Waals surface area contributed by atoms with Crippen molar-refractivity contribution in [3.63, 3.8) is 0 Å². The van der Waals surface area contributed by atoms with Crippen LogP contribution >= 0.6 is 0 Å². The van der Waals surface area contributed by atoms with Gasteiger partial charge in [0.2, 0.25) is 0 Å². The van der Waals surface area contributed by atoms with Gasteiger partial charge < -0.3 is 10.2 Å². The summed E-state index contributed by atoms with van der Waals surface area (Å²) < 4.78 is 26.0. The van der Waals surface area contributed by atoms with Gasteiger partial charge in [0.05, 0.1) is 12.6 Å². The molecule has 1 atom stereocenters. The molecule has 0 aliphatic carbocycles. The van der Waals surface area contributed by atoms with Crippen LogP contribution in [0.1, 0.15) is 6.42 Å². The lowest BCUT2D eigenvalue weighted by Gasteiger charge is -2.35. The number of nitrogens with one attached hydrogen (secondary N) is 1. The predicted molar refractivity (Wildman–Crippen MR) is 39.9 cm³/mol. The topological polar surface area (TPSA) is 15.3 Å². The molecule has 66 valence electrons. The Labute approximate surface area is 65.6 Å². The molecule has 1 saturated heterocycles. The Kier molecular flexibility index (Phi) is 2.44. The van der Waals surface area contributed by atoms with Crippen LogP contribution in [0.3, 0.4) is 0 Å². The molecule has 0 saturated carbocycles. The minimum atomic E-state index is -2.57. The van der Waals surface area contributed by atoms with E-state index in [1.807, 2.05) is 0 Å². The minimum absolute atomic E-state index is 0.185. The molecule has 1 N–H and O–H groups in total. The van der Waals surface area contributed by atoms with Crippen molar-refractivity contribution >= 4 is 0 Å². The van der Waals surface area contributed by atoms with E-state index in [4.69, 9.17) is 0 Å². The highest BCUT2D eigenvalue weighted by molar-refractivity contribution is 4.89. The quantitative estimate of drug-likeness (QED) is 0.608. The van der Waals surface area contributed by atoms with E-state index in [0.29, 0.717) is 13.0 Å². The molecule has 11 heavy (non-hydrogen) atoms.